The molecule has 1 fully saturated rings. The van der Waals surface area contributed by atoms with E-state index in [9.17, 15) is 0 Å². The molecule has 0 aliphatic carbocycles. The number of nitrogens with one attached hydrogen (secondary N) is 1. The molecule has 0 amide bonds. The summed E-state index contributed by atoms with van der Waals surface area (Å²) in [5, 5.41) is 3.25. The van der Waals surface area contributed by atoms with Crippen LogP contribution in [-0.2, 0) is 13.1 Å². The molecule has 0 radical (unpaired) electrons. The van der Waals surface area contributed by atoms with Crippen molar-refractivity contribution in [1.82, 2.24) is 10.2 Å². The topological polar surface area (TPSA) is 15.3 Å². The van der Waals surface area contributed by atoms with Crippen LogP contribution >= 0.6 is 0 Å². The van der Waals surface area contributed by atoms with Gasteiger partial charge in [0.05, 0.1) is 0 Å². The number of benzene rings is 1. The third kappa shape index (κ3) is 3.08. The molecule has 2 nitrogen and oxygen atoms in total. The van der Waals surface area contributed by atoms with Gasteiger partial charge in [0.25, 0.3) is 0 Å². The van der Waals surface area contributed by atoms with E-state index in [1.165, 1.54) is 24.2 Å². The van der Waals surface area contributed by atoms with Crippen molar-refractivity contribution in [2.45, 2.75) is 26.9 Å². The van der Waals surface area contributed by atoms with Crippen LogP contribution in [0, 0.1) is 11.8 Å². The average molecular weight is 232 g/mol. The molecule has 0 bridgehead atoms. The number of rotatable bonds is 4. The van der Waals surface area contributed by atoms with E-state index in [1.54, 1.807) is 0 Å². The van der Waals surface area contributed by atoms with Gasteiger partial charge in [-0.3, -0.25) is 4.90 Å². The fourth-order valence-electron chi connectivity index (χ4n) is 2.69. The summed E-state index contributed by atoms with van der Waals surface area (Å²) in [6.07, 6.45) is 0. The van der Waals surface area contributed by atoms with E-state index >= 15 is 0 Å². The molecule has 17 heavy (non-hydrogen) atoms. The second-order valence-electron chi connectivity index (χ2n) is 5.45. The summed E-state index contributed by atoms with van der Waals surface area (Å²) < 4.78 is 0. The van der Waals surface area contributed by atoms with Crippen LogP contribution in [0.15, 0.2) is 24.3 Å². The smallest absolute Gasteiger partial charge is 0.0237 e. The first-order chi connectivity index (χ1) is 8.20. The Labute approximate surface area is 105 Å². The standard InChI is InChI=1S/C15H24N2/c1-12-9-17(10-13(12)2)11-15-7-5-4-6-14(15)8-16-3/h4-7,12-13,16H,8-11H2,1-3H3. The Morgan fingerprint density at radius 3 is 2.29 bits per heavy atom. The normalized spacial score (nSPS) is 25.4. The van der Waals surface area contributed by atoms with E-state index in [4.69, 9.17) is 0 Å². The van der Waals surface area contributed by atoms with Gasteiger partial charge in [0, 0.05) is 26.2 Å². The maximum Gasteiger partial charge on any atom is 0.0237 e. The van der Waals surface area contributed by atoms with Crippen molar-refractivity contribution in [2.24, 2.45) is 11.8 Å². The molecule has 0 spiro atoms. The fraction of sp³-hybridized carbons (Fsp3) is 0.600. The number of hydrogen-bond acceptors (Lipinski definition) is 2. The predicted octanol–water partition coefficient (Wildman–Crippen LogP) is 2.49. The van der Waals surface area contributed by atoms with E-state index in [2.05, 4.69) is 48.3 Å². The number of nitrogens with zero attached hydrogens (tertiary/aromatic N) is 1. The molecule has 2 unspecified atom stereocenters. The summed E-state index contributed by atoms with van der Waals surface area (Å²) in [7, 11) is 2.01. The largest absolute Gasteiger partial charge is 0.316 e. The minimum Gasteiger partial charge on any atom is -0.316 e. The zero-order chi connectivity index (χ0) is 12.3. The van der Waals surface area contributed by atoms with E-state index in [0.717, 1.165) is 24.9 Å². The SMILES string of the molecule is CNCc1ccccc1CN1CC(C)C(C)C1. The van der Waals surface area contributed by atoms with Crippen molar-refractivity contribution in [3.8, 4) is 0 Å². The van der Waals surface area contributed by atoms with Crippen LogP contribution in [0.2, 0.25) is 0 Å². The summed E-state index contributed by atoms with van der Waals surface area (Å²) in [6.45, 7) is 9.29. The van der Waals surface area contributed by atoms with Gasteiger partial charge in [-0.15, -0.1) is 0 Å². The molecule has 1 aliphatic rings. The molecule has 2 atom stereocenters. The summed E-state index contributed by atoms with van der Waals surface area (Å²) in [4.78, 5) is 2.59. The summed E-state index contributed by atoms with van der Waals surface area (Å²) in [6, 6.07) is 8.78. The Hall–Kier alpha value is -0.860. The monoisotopic (exact) mass is 232 g/mol. The van der Waals surface area contributed by atoms with Crippen molar-refractivity contribution in [3.63, 3.8) is 0 Å². The first kappa shape index (κ1) is 12.6. The number of hydrogen-bond donors (Lipinski definition) is 1. The molecule has 0 saturated carbocycles. The van der Waals surface area contributed by atoms with Crippen molar-refractivity contribution in [3.05, 3.63) is 35.4 Å². The highest BCUT2D eigenvalue weighted by atomic mass is 15.1. The Morgan fingerprint density at radius 2 is 1.71 bits per heavy atom. The first-order valence-corrected chi connectivity index (χ1v) is 6.64. The highest BCUT2D eigenvalue weighted by Crippen LogP contribution is 2.24. The Morgan fingerprint density at radius 1 is 1.12 bits per heavy atom. The van der Waals surface area contributed by atoms with Gasteiger partial charge in [-0.25, -0.2) is 0 Å². The molecule has 0 aromatic heterocycles. The third-order valence-electron chi connectivity index (χ3n) is 3.94. The van der Waals surface area contributed by atoms with Gasteiger partial charge in [-0.2, -0.15) is 0 Å². The second kappa shape index (κ2) is 5.65. The van der Waals surface area contributed by atoms with Crippen LogP contribution in [-0.4, -0.2) is 25.0 Å². The molecule has 2 rings (SSSR count). The van der Waals surface area contributed by atoms with Gasteiger partial charge in [0.15, 0.2) is 0 Å². The highest BCUT2D eigenvalue weighted by molar-refractivity contribution is 5.27. The Bertz CT molecular complexity index is 352. The van der Waals surface area contributed by atoms with Crippen LogP contribution < -0.4 is 5.32 Å². The van der Waals surface area contributed by atoms with Gasteiger partial charge in [0.2, 0.25) is 0 Å². The maximum absolute atomic E-state index is 3.25. The molecule has 94 valence electrons. The van der Waals surface area contributed by atoms with Crippen LogP contribution in [0.1, 0.15) is 25.0 Å². The molecule has 1 N–H and O–H groups in total. The van der Waals surface area contributed by atoms with Crippen molar-refractivity contribution in [1.29, 1.82) is 0 Å². The van der Waals surface area contributed by atoms with Crippen LogP contribution in [0.4, 0.5) is 0 Å². The lowest BCUT2D eigenvalue weighted by molar-refractivity contribution is 0.315. The lowest BCUT2D eigenvalue weighted by atomic mass is 10.0. The molecule has 1 saturated heterocycles. The lowest BCUT2D eigenvalue weighted by Crippen LogP contribution is -2.21. The fourth-order valence-corrected chi connectivity index (χ4v) is 2.69. The van der Waals surface area contributed by atoms with Crippen LogP contribution in [0.3, 0.4) is 0 Å². The van der Waals surface area contributed by atoms with Crippen LogP contribution in [0.5, 0.6) is 0 Å². The summed E-state index contributed by atoms with van der Waals surface area (Å²) in [5.74, 6) is 1.68. The minimum absolute atomic E-state index is 0.839. The molecular weight excluding hydrogens is 208 g/mol. The molecule has 1 aromatic rings. The molecule has 1 aromatic carbocycles. The van der Waals surface area contributed by atoms with E-state index in [-0.39, 0.29) is 0 Å². The maximum atomic E-state index is 3.25. The molecule has 1 aliphatic heterocycles. The average Bonchev–Trinajstić information content (AvgIpc) is 2.61. The van der Waals surface area contributed by atoms with Gasteiger partial charge in [-0.1, -0.05) is 38.1 Å². The van der Waals surface area contributed by atoms with Gasteiger partial charge < -0.3 is 5.32 Å². The summed E-state index contributed by atoms with van der Waals surface area (Å²) >= 11 is 0. The molecule has 2 heteroatoms. The Balaban J connectivity index is 2.03. The van der Waals surface area contributed by atoms with E-state index < -0.39 is 0 Å². The number of likely N-dealkylation sites (tertiary alicyclic amines) is 1. The van der Waals surface area contributed by atoms with Gasteiger partial charge in [0.1, 0.15) is 0 Å². The predicted molar refractivity (Wildman–Crippen MR) is 72.8 cm³/mol. The van der Waals surface area contributed by atoms with Crippen molar-refractivity contribution in [2.75, 3.05) is 20.1 Å². The van der Waals surface area contributed by atoms with Crippen molar-refractivity contribution < 1.29 is 0 Å². The zero-order valence-electron chi connectivity index (χ0n) is 11.2. The Kier molecular flexibility index (Phi) is 4.19. The first-order valence-electron chi connectivity index (χ1n) is 6.64. The van der Waals surface area contributed by atoms with E-state index in [0.29, 0.717) is 0 Å². The third-order valence-corrected chi connectivity index (χ3v) is 3.94. The van der Waals surface area contributed by atoms with Gasteiger partial charge in [-0.05, 0) is 30.0 Å². The highest BCUT2D eigenvalue weighted by Gasteiger charge is 2.25. The van der Waals surface area contributed by atoms with Gasteiger partial charge >= 0.3 is 0 Å². The van der Waals surface area contributed by atoms with Crippen molar-refractivity contribution >= 4 is 0 Å². The molecule has 1 heterocycles. The molecular formula is C15H24N2. The summed E-state index contributed by atoms with van der Waals surface area (Å²) in [5.41, 5.74) is 2.91. The lowest BCUT2D eigenvalue weighted by Gasteiger charge is -2.18. The van der Waals surface area contributed by atoms with E-state index in [1.807, 2.05) is 7.05 Å². The zero-order valence-corrected chi connectivity index (χ0v) is 11.2. The quantitative estimate of drug-likeness (QED) is 0.858. The second-order valence-corrected chi connectivity index (χ2v) is 5.45. The van der Waals surface area contributed by atoms with Crippen LogP contribution in [0.25, 0.3) is 0 Å². The minimum atomic E-state index is 0.839.